The molecule has 0 heterocycles. The second kappa shape index (κ2) is 5.87. The van der Waals surface area contributed by atoms with Gasteiger partial charge in [0.05, 0.1) is 0 Å². The third-order valence-corrected chi connectivity index (χ3v) is 5.30. The number of hydrogen-bond acceptors (Lipinski definition) is 0. The third kappa shape index (κ3) is 3.75. The minimum absolute atomic E-state index is 0.293. The highest BCUT2D eigenvalue weighted by Crippen LogP contribution is 2.44. The van der Waals surface area contributed by atoms with Crippen LogP contribution in [-0.2, 0) is 6.42 Å². The van der Waals surface area contributed by atoms with E-state index < -0.39 is 0 Å². The first-order chi connectivity index (χ1) is 8.88. The monoisotopic (exact) mass is 278 g/mol. The summed E-state index contributed by atoms with van der Waals surface area (Å²) in [6.07, 6.45) is 4.94. The van der Waals surface area contributed by atoms with Gasteiger partial charge in [0.25, 0.3) is 0 Å². The van der Waals surface area contributed by atoms with Crippen molar-refractivity contribution in [1.82, 2.24) is 0 Å². The van der Waals surface area contributed by atoms with Crippen LogP contribution in [0.2, 0.25) is 0 Å². The van der Waals surface area contributed by atoms with Gasteiger partial charge in [0.1, 0.15) is 0 Å². The summed E-state index contributed by atoms with van der Waals surface area (Å²) in [6, 6.07) is 8.97. The van der Waals surface area contributed by atoms with Crippen molar-refractivity contribution in [1.29, 1.82) is 0 Å². The van der Waals surface area contributed by atoms with Gasteiger partial charge in [-0.1, -0.05) is 57.0 Å². The highest BCUT2D eigenvalue weighted by Gasteiger charge is 2.37. The van der Waals surface area contributed by atoms with Gasteiger partial charge in [0, 0.05) is 5.38 Å². The fraction of sp³-hybridized carbons (Fsp3) is 0.667. The van der Waals surface area contributed by atoms with Gasteiger partial charge in [0.15, 0.2) is 0 Å². The van der Waals surface area contributed by atoms with Crippen molar-refractivity contribution < 1.29 is 0 Å². The maximum atomic E-state index is 6.65. The zero-order chi connectivity index (χ0) is 14.0. The lowest BCUT2D eigenvalue weighted by Gasteiger charge is -2.42. The number of hydrogen-bond donors (Lipinski definition) is 0. The molecule has 0 nitrogen and oxygen atoms in total. The Morgan fingerprint density at radius 2 is 1.79 bits per heavy atom. The summed E-state index contributed by atoms with van der Waals surface area (Å²) >= 11 is 6.65. The summed E-state index contributed by atoms with van der Waals surface area (Å²) in [5.41, 5.74) is 3.07. The summed E-state index contributed by atoms with van der Waals surface area (Å²) < 4.78 is 0. The molecule has 0 aliphatic heterocycles. The van der Waals surface area contributed by atoms with Crippen LogP contribution in [0.1, 0.15) is 51.2 Å². The van der Waals surface area contributed by atoms with E-state index in [9.17, 15) is 0 Å². The largest absolute Gasteiger partial charge is 0.123 e. The first-order valence-electron chi connectivity index (χ1n) is 7.58. The lowest BCUT2D eigenvalue weighted by Crippen LogP contribution is -2.37. The van der Waals surface area contributed by atoms with Crippen LogP contribution in [-0.4, -0.2) is 5.38 Å². The quantitative estimate of drug-likeness (QED) is 0.631. The van der Waals surface area contributed by atoms with Crippen LogP contribution in [0.25, 0.3) is 0 Å². The maximum Gasteiger partial charge on any atom is 0.0372 e. The fourth-order valence-corrected chi connectivity index (χ4v) is 4.33. The zero-order valence-corrected chi connectivity index (χ0v) is 13.5. The maximum absolute atomic E-state index is 6.65. The average molecular weight is 279 g/mol. The van der Waals surface area contributed by atoms with Crippen molar-refractivity contribution in [3.05, 3.63) is 35.4 Å². The molecule has 2 rings (SSSR count). The Morgan fingerprint density at radius 3 is 2.37 bits per heavy atom. The minimum atomic E-state index is 0.293. The summed E-state index contributed by atoms with van der Waals surface area (Å²) in [6.45, 7) is 9.26. The highest BCUT2D eigenvalue weighted by molar-refractivity contribution is 6.20. The van der Waals surface area contributed by atoms with Gasteiger partial charge in [0.2, 0.25) is 0 Å². The first kappa shape index (κ1) is 14.9. The molecule has 3 unspecified atom stereocenters. The SMILES string of the molecule is Cc1ccc(CC(C)(C)C2CCC(C)CC2Cl)cc1. The second-order valence-corrected chi connectivity index (χ2v) is 7.75. The van der Waals surface area contributed by atoms with Crippen molar-refractivity contribution >= 4 is 11.6 Å². The van der Waals surface area contributed by atoms with Crippen molar-refractivity contribution in [3.8, 4) is 0 Å². The van der Waals surface area contributed by atoms with Crippen LogP contribution in [0.15, 0.2) is 24.3 Å². The Kier molecular flexibility index (Phi) is 4.61. The van der Waals surface area contributed by atoms with Crippen LogP contribution in [0.4, 0.5) is 0 Å². The first-order valence-corrected chi connectivity index (χ1v) is 8.02. The summed E-state index contributed by atoms with van der Waals surface area (Å²) in [5, 5.41) is 0.351. The van der Waals surface area contributed by atoms with E-state index in [1.54, 1.807) is 0 Å². The molecular formula is C18H27Cl. The molecule has 1 aromatic rings. The number of rotatable bonds is 3. The molecule has 0 aromatic heterocycles. The smallest absolute Gasteiger partial charge is 0.0372 e. The third-order valence-electron chi connectivity index (χ3n) is 4.82. The molecule has 106 valence electrons. The van der Waals surface area contributed by atoms with Crippen LogP contribution >= 0.6 is 11.6 Å². The van der Waals surface area contributed by atoms with E-state index in [0.717, 1.165) is 12.3 Å². The van der Waals surface area contributed by atoms with Crippen LogP contribution in [0.5, 0.6) is 0 Å². The molecule has 1 aliphatic carbocycles. The molecule has 1 saturated carbocycles. The van der Waals surface area contributed by atoms with Crippen molar-refractivity contribution in [3.63, 3.8) is 0 Å². The van der Waals surface area contributed by atoms with Crippen molar-refractivity contribution in [2.75, 3.05) is 0 Å². The summed E-state index contributed by atoms with van der Waals surface area (Å²) in [7, 11) is 0. The molecule has 0 saturated heterocycles. The molecule has 0 bridgehead atoms. The molecule has 0 N–H and O–H groups in total. The molecule has 3 atom stereocenters. The Bertz CT molecular complexity index is 404. The lowest BCUT2D eigenvalue weighted by molar-refractivity contribution is 0.142. The van der Waals surface area contributed by atoms with Crippen LogP contribution in [0, 0.1) is 24.2 Å². The predicted molar refractivity (Wildman–Crippen MR) is 84.8 cm³/mol. The van der Waals surface area contributed by atoms with E-state index in [-0.39, 0.29) is 0 Å². The van der Waals surface area contributed by atoms with Gasteiger partial charge in [-0.25, -0.2) is 0 Å². The molecule has 1 fully saturated rings. The van der Waals surface area contributed by atoms with Crippen molar-refractivity contribution in [2.45, 2.75) is 58.8 Å². The minimum Gasteiger partial charge on any atom is -0.123 e. The van der Waals surface area contributed by atoms with Gasteiger partial charge < -0.3 is 0 Å². The average Bonchev–Trinajstić information content (AvgIpc) is 2.31. The molecule has 1 heteroatoms. The molecule has 1 aliphatic rings. The van der Waals surface area contributed by atoms with Gasteiger partial charge in [-0.05, 0) is 49.0 Å². The van der Waals surface area contributed by atoms with Gasteiger partial charge in [-0.15, -0.1) is 11.6 Å². The second-order valence-electron chi connectivity index (χ2n) is 7.19. The van der Waals surface area contributed by atoms with Gasteiger partial charge in [-0.3, -0.25) is 0 Å². The molecule has 19 heavy (non-hydrogen) atoms. The van der Waals surface area contributed by atoms with E-state index in [0.29, 0.717) is 16.7 Å². The zero-order valence-electron chi connectivity index (χ0n) is 12.7. The molecule has 0 radical (unpaired) electrons. The molecule has 0 amide bonds. The Hall–Kier alpha value is -0.490. The van der Waals surface area contributed by atoms with E-state index in [4.69, 9.17) is 11.6 Å². The Labute approximate surface area is 123 Å². The topological polar surface area (TPSA) is 0 Å². The standard InChI is InChI=1S/C18H27Cl/c1-13-5-8-15(9-6-13)12-18(3,4)16-10-7-14(2)11-17(16)19/h5-6,8-9,14,16-17H,7,10-12H2,1-4H3. The Balaban J connectivity index is 2.07. The summed E-state index contributed by atoms with van der Waals surface area (Å²) in [5.74, 6) is 1.44. The van der Waals surface area contributed by atoms with Crippen LogP contribution < -0.4 is 0 Å². The van der Waals surface area contributed by atoms with Crippen molar-refractivity contribution in [2.24, 2.45) is 17.3 Å². The van der Waals surface area contributed by atoms with E-state index >= 15 is 0 Å². The fourth-order valence-electron chi connectivity index (χ4n) is 3.55. The van der Waals surface area contributed by atoms with Crippen LogP contribution in [0.3, 0.4) is 0 Å². The Morgan fingerprint density at radius 1 is 1.16 bits per heavy atom. The predicted octanol–water partition coefficient (Wildman–Crippen LogP) is 5.61. The number of benzene rings is 1. The summed E-state index contributed by atoms with van der Waals surface area (Å²) in [4.78, 5) is 0. The van der Waals surface area contributed by atoms with Gasteiger partial charge in [-0.2, -0.15) is 0 Å². The van der Waals surface area contributed by atoms with E-state index in [1.165, 1.54) is 30.4 Å². The molecule has 1 aromatic carbocycles. The van der Waals surface area contributed by atoms with Gasteiger partial charge >= 0.3 is 0 Å². The number of halogens is 1. The highest BCUT2D eigenvalue weighted by atomic mass is 35.5. The number of aryl methyl sites for hydroxylation is 1. The molecular weight excluding hydrogens is 252 g/mol. The normalized spacial score (nSPS) is 28.4. The number of alkyl halides is 1. The lowest BCUT2D eigenvalue weighted by atomic mass is 9.66. The van der Waals surface area contributed by atoms with E-state index in [1.807, 2.05) is 0 Å². The van der Waals surface area contributed by atoms with E-state index in [2.05, 4.69) is 52.0 Å². The molecule has 0 spiro atoms.